The van der Waals surface area contributed by atoms with Gasteiger partial charge in [-0.25, -0.2) is 4.98 Å². The van der Waals surface area contributed by atoms with E-state index in [0.29, 0.717) is 0 Å². The molecule has 5 heteroatoms. The van der Waals surface area contributed by atoms with Crippen molar-refractivity contribution in [3.63, 3.8) is 0 Å². The van der Waals surface area contributed by atoms with Gasteiger partial charge in [-0.3, -0.25) is 4.90 Å². The van der Waals surface area contributed by atoms with Crippen molar-refractivity contribution in [2.45, 2.75) is 52.9 Å². The summed E-state index contributed by atoms with van der Waals surface area (Å²) in [5.74, 6) is 0. The standard InChI is InChI=1S/C16H25N3S2/c1-12-15(20-11-17-12)10-19(5)9-14-7-6-13(21-14)8-18-16(2,3)4/h6-7,11,18H,8-10H2,1-5H3. The minimum Gasteiger partial charge on any atom is -0.307 e. The first-order chi connectivity index (χ1) is 9.83. The molecule has 116 valence electrons. The van der Waals surface area contributed by atoms with Gasteiger partial charge in [0.2, 0.25) is 0 Å². The smallest absolute Gasteiger partial charge is 0.0798 e. The summed E-state index contributed by atoms with van der Waals surface area (Å²) in [5, 5.41) is 3.54. The Morgan fingerprint density at radius 3 is 2.52 bits per heavy atom. The Balaban J connectivity index is 1.86. The predicted octanol–water partition coefficient (Wildman–Crippen LogP) is 4.03. The van der Waals surface area contributed by atoms with Gasteiger partial charge in [-0.05, 0) is 46.9 Å². The van der Waals surface area contributed by atoms with Gasteiger partial charge in [-0.1, -0.05) is 0 Å². The Labute approximate surface area is 136 Å². The lowest BCUT2D eigenvalue weighted by Crippen LogP contribution is -2.34. The van der Waals surface area contributed by atoms with Crippen LogP contribution in [-0.4, -0.2) is 22.5 Å². The summed E-state index contributed by atoms with van der Waals surface area (Å²) in [4.78, 5) is 10.9. The van der Waals surface area contributed by atoms with Crippen LogP contribution in [0.2, 0.25) is 0 Å². The zero-order valence-electron chi connectivity index (χ0n) is 13.6. The third-order valence-electron chi connectivity index (χ3n) is 3.19. The Kier molecular flexibility index (Phi) is 5.54. The summed E-state index contributed by atoms with van der Waals surface area (Å²) in [6, 6.07) is 4.49. The van der Waals surface area contributed by atoms with Gasteiger partial charge in [0, 0.05) is 39.8 Å². The topological polar surface area (TPSA) is 28.2 Å². The molecular weight excluding hydrogens is 298 g/mol. The Morgan fingerprint density at radius 2 is 1.90 bits per heavy atom. The van der Waals surface area contributed by atoms with Crippen LogP contribution in [0, 0.1) is 6.92 Å². The Bertz CT molecular complexity index is 566. The molecule has 0 fully saturated rings. The van der Waals surface area contributed by atoms with Crippen LogP contribution in [0.1, 0.15) is 41.1 Å². The van der Waals surface area contributed by atoms with Crippen LogP contribution in [0.3, 0.4) is 0 Å². The van der Waals surface area contributed by atoms with E-state index < -0.39 is 0 Å². The Morgan fingerprint density at radius 1 is 1.19 bits per heavy atom. The van der Waals surface area contributed by atoms with E-state index >= 15 is 0 Å². The van der Waals surface area contributed by atoms with Crippen molar-refractivity contribution in [1.29, 1.82) is 0 Å². The second-order valence-corrected chi connectivity index (χ2v) is 8.70. The lowest BCUT2D eigenvalue weighted by molar-refractivity contribution is 0.324. The van der Waals surface area contributed by atoms with Gasteiger partial charge in [0.25, 0.3) is 0 Å². The van der Waals surface area contributed by atoms with Gasteiger partial charge < -0.3 is 5.32 Å². The second-order valence-electron chi connectivity index (χ2n) is 6.50. The predicted molar refractivity (Wildman–Crippen MR) is 92.9 cm³/mol. The quantitative estimate of drug-likeness (QED) is 0.870. The molecular formula is C16H25N3S2. The zero-order chi connectivity index (χ0) is 15.5. The molecule has 0 unspecified atom stereocenters. The van der Waals surface area contributed by atoms with E-state index in [9.17, 15) is 0 Å². The molecule has 0 aliphatic rings. The minimum absolute atomic E-state index is 0.171. The highest BCUT2D eigenvalue weighted by atomic mass is 32.1. The first-order valence-electron chi connectivity index (χ1n) is 7.23. The van der Waals surface area contributed by atoms with E-state index in [-0.39, 0.29) is 5.54 Å². The zero-order valence-corrected chi connectivity index (χ0v) is 15.2. The van der Waals surface area contributed by atoms with E-state index in [2.05, 4.69) is 62.1 Å². The molecule has 0 aromatic carbocycles. The summed E-state index contributed by atoms with van der Waals surface area (Å²) in [6.07, 6.45) is 0. The molecule has 21 heavy (non-hydrogen) atoms. The summed E-state index contributed by atoms with van der Waals surface area (Å²) in [5.41, 5.74) is 3.26. The van der Waals surface area contributed by atoms with Gasteiger partial charge in [0.1, 0.15) is 0 Å². The first kappa shape index (κ1) is 16.6. The summed E-state index contributed by atoms with van der Waals surface area (Å²) in [6.45, 7) is 11.6. The highest BCUT2D eigenvalue weighted by Crippen LogP contribution is 2.21. The number of thiophene rings is 1. The third-order valence-corrected chi connectivity index (χ3v) is 5.18. The van der Waals surface area contributed by atoms with Crippen LogP contribution in [0.25, 0.3) is 0 Å². The number of hydrogen-bond donors (Lipinski definition) is 1. The van der Waals surface area contributed by atoms with E-state index in [1.165, 1.54) is 14.6 Å². The van der Waals surface area contributed by atoms with Crippen LogP contribution >= 0.6 is 22.7 Å². The van der Waals surface area contributed by atoms with Crippen LogP contribution in [-0.2, 0) is 19.6 Å². The molecule has 1 N–H and O–H groups in total. The van der Waals surface area contributed by atoms with Gasteiger partial charge in [0.15, 0.2) is 0 Å². The number of thiazole rings is 1. The second kappa shape index (κ2) is 7.01. The van der Waals surface area contributed by atoms with Crippen LogP contribution in [0.4, 0.5) is 0 Å². The Hall–Kier alpha value is -0.750. The molecule has 0 aliphatic heterocycles. The maximum atomic E-state index is 4.31. The molecule has 0 saturated carbocycles. The van der Waals surface area contributed by atoms with E-state index in [1.54, 1.807) is 11.3 Å². The first-order valence-corrected chi connectivity index (χ1v) is 8.93. The lowest BCUT2D eigenvalue weighted by atomic mass is 10.1. The fraction of sp³-hybridized carbons (Fsp3) is 0.562. The summed E-state index contributed by atoms with van der Waals surface area (Å²) >= 11 is 3.65. The van der Waals surface area contributed by atoms with Crippen LogP contribution in [0.5, 0.6) is 0 Å². The van der Waals surface area contributed by atoms with Crippen LogP contribution < -0.4 is 5.32 Å². The summed E-state index contributed by atoms with van der Waals surface area (Å²) < 4.78 is 0. The minimum atomic E-state index is 0.171. The van der Waals surface area contributed by atoms with Crippen LogP contribution in [0.15, 0.2) is 17.6 Å². The van der Waals surface area contributed by atoms with E-state index in [1.807, 2.05) is 16.8 Å². The van der Waals surface area contributed by atoms with Crippen molar-refractivity contribution in [2.24, 2.45) is 0 Å². The molecule has 2 heterocycles. The van der Waals surface area contributed by atoms with Gasteiger partial charge in [-0.15, -0.1) is 22.7 Å². The molecule has 2 rings (SSSR count). The fourth-order valence-corrected chi connectivity index (χ4v) is 3.89. The number of aryl methyl sites for hydroxylation is 1. The number of hydrogen-bond acceptors (Lipinski definition) is 5. The molecule has 0 bridgehead atoms. The number of nitrogens with zero attached hydrogens (tertiary/aromatic N) is 2. The molecule has 0 aliphatic carbocycles. The molecule has 3 nitrogen and oxygen atoms in total. The molecule has 0 amide bonds. The van der Waals surface area contributed by atoms with Crippen molar-refractivity contribution in [1.82, 2.24) is 15.2 Å². The molecule has 2 aromatic rings. The average Bonchev–Trinajstić information content (AvgIpc) is 2.96. The van der Waals surface area contributed by atoms with E-state index in [4.69, 9.17) is 0 Å². The van der Waals surface area contributed by atoms with Crippen molar-refractivity contribution < 1.29 is 0 Å². The van der Waals surface area contributed by atoms with Gasteiger partial charge >= 0.3 is 0 Å². The highest BCUT2D eigenvalue weighted by molar-refractivity contribution is 7.12. The van der Waals surface area contributed by atoms with Crippen molar-refractivity contribution in [3.8, 4) is 0 Å². The SMILES string of the molecule is Cc1ncsc1CN(C)Cc1ccc(CNC(C)(C)C)s1. The maximum absolute atomic E-state index is 4.31. The van der Waals surface area contributed by atoms with Gasteiger partial charge in [0.05, 0.1) is 11.2 Å². The van der Waals surface area contributed by atoms with E-state index in [0.717, 1.165) is 25.3 Å². The third kappa shape index (κ3) is 5.51. The lowest BCUT2D eigenvalue weighted by Gasteiger charge is -2.19. The molecule has 0 atom stereocenters. The normalized spacial score (nSPS) is 12.3. The van der Waals surface area contributed by atoms with Gasteiger partial charge in [-0.2, -0.15) is 0 Å². The average molecular weight is 324 g/mol. The highest BCUT2D eigenvalue weighted by Gasteiger charge is 2.11. The summed E-state index contributed by atoms with van der Waals surface area (Å²) in [7, 11) is 2.17. The molecule has 0 spiro atoms. The number of nitrogens with one attached hydrogen (secondary N) is 1. The van der Waals surface area contributed by atoms with Crippen molar-refractivity contribution >= 4 is 22.7 Å². The molecule has 0 radical (unpaired) electrons. The monoisotopic (exact) mass is 323 g/mol. The maximum Gasteiger partial charge on any atom is 0.0798 e. The fourth-order valence-electron chi connectivity index (χ4n) is 2.00. The van der Waals surface area contributed by atoms with Crippen molar-refractivity contribution in [3.05, 3.63) is 38.0 Å². The molecule has 0 saturated heterocycles. The number of aromatic nitrogens is 1. The molecule has 2 aromatic heterocycles. The largest absolute Gasteiger partial charge is 0.307 e. The number of rotatable bonds is 6. The van der Waals surface area contributed by atoms with Crippen molar-refractivity contribution in [2.75, 3.05) is 7.05 Å².